The molecule has 0 aliphatic heterocycles. The summed E-state index contributed by atoms with van der Waals surface area (Å²) in [5, 5.41) is 0.292. The van der Waals surface area contributed by atoms with Crippen molar-refractivity contribution in [2.24, 2.45) is 0 Å². The lowest BCUT2D eigenvalue weighted by Gasteiger charge is -2.39. The van der Waals surface area contributed by atoms with Gasteiger partial charge in [-0.3, -0.25) is 0 Å². The van der Waals surface area contributed by atoms with Gasteiger partial charge in [0.1, 0.15) is 0 Å². The normalized spacial score (nSPS) is 15.7. The molecule has 0 spiro atoms. The first kappa shape index (κ1) is 19.6. The van der Waals surface area contributed by atoms with Gasteiger partial charge in [0.25, 0.3) is 0 Å². The van der Waals surface area contributed by atoms with Crippen molar-refractivity contribution in [3.05, 3.63) is 11.6 Å². The van der Waals surface area contributed by atoms with Crippen LogP contribution in [-0.2, 0) is 4.43 Å². The summed E-state index contributed by atoms with van der Waals surface area (Å²) in [5.74, 6) is 0. The van der Waals surface area contributed by atoms with Crippen LogP contribution in [0.4, 0.5) is 0 Å². The molecule has 0 N–H and O–H groups in total. The molecule has 1 unspecified atom stereocenters. The van der Waals surface area contributed by atoms with E-state index in [-0.39, 0.29) is 0 Å². The summed E-state index contributed by atoms with van der Waals surface area (Å²) in [6.45, 7) is 16.2. The average molecular weight is 396 g/mol. The Morgan fingerprint density at radius 3 is 2.26 bits per heavy atom. The number of alkyl halides is 1. The fourth-order valence-corrected chi connectivity index (χ4v) is 3.81. The molecule has 1 atom stereocenters. The van der Waals surface area contributed by atoms with Crippen LogP contribution in [0.5, 0.6) is 0 Å². The van der Waals surface area contributed by atoms with Crippen molar-refractivity contribution in [3.8, 4) is 0 Å². The van der Waals surface area contributed by atoms with Gasteiger partial charge in [0, 0.05) is 4.43 Å². The van der Waals surface area contributed by atoms with Crippen molar-refractivity contribution >= 4 is 30.9 Å². The molecule has 0 aromatic carbocycles. The van der Waals surface area contributed by atoms with Gasteiger partial charge in [0.05, 0.1) is 6.10 Å². The molecule has 1 nitrogen and oxygen atoms in total. The minimum Gasteiger partial charge on any atom is -0.410 e. The first-order valence-corrected chi connectivity index (χ1v) is 12.0. The topological polar surface area (TPSA) is 9.23 Å². The molecule has 0 aromatic rings. The summed E-state index contributed by atoms with van der Waals surface area (Å²) in [4.78, 5) is 0. The first-order valence-electron chi connectivity index (χ1n) is 7.56. The Balaban J connectivity index is 4.80. The fourth-order valence-electron chi connectivity index (χ4n) is 1.74. The maximum Gasteiger partial charge on any atom is 0.192 e. The van der Waals surface area contributed by atoms with E-state index < -0.39 is 8.32 Å². The molecule has 3 heteroatoms. The van der Waals surface area contributed by atoms with Crippen LogP contribution >= 0.6 is 22.6 Å². The number of hydrogen-bond acceptors (Lipinski definition) is 1. The summed E-state index contributed by atoms with van der Waals surface area (Å²) in [6.07, 6.45) is 7.71. The fraction of sp³-hybridized carbons (Fsp3) is 0.875. The van der Waals surface area contributed by atoms with Gasteiger partial charge in [-0.15, -0.1) is 0 Å². The van der Waals surface area contributed by atoms with E-state index in [9.17, 15) is 0 Å². The third-order valence-electron chi connectivity index (χ3n) is 4.22. The Bertz CT molecular complexity index is 279. The van der Waals surface area contributed by atoms with Crippen LogP contribution in [-0.4, -0.2) is 18.8 Å². The Hall–Kier alpha value is 0.647. The summed E-state index contributed by atoms with van der Waals surface area (Å²) in [5.41, 5.74) is 1.43. The average Bonchev–Trinajstić information content (AvgIpc) is 2.26. The minimum absolute atomic E-state index is 0.292. The maximum absolute atomic E-state index is 6.63. The van der Waals surface area contributed by atoms with Gasteiger partial charge >= 0.3 is 0 Å². The molecule has 0 aliphatic rings. The molecule has 0 bridgehead atoms. The molecule has 0 saturated heterocycles. The van der Waals surface area contributed by atoms with Crippen molar-refractivity contribution in [1.82, 2.24) is 0 Å². The lowest BCUT2D eigenvalue weighted by atomic mass is 10.0. The Morgan fingerprint density at radius 2 is 1.84 bits per heavy atom. The smallest absolute Gasteiger partial charge is 0.192 e. The number of rotatable bonds is 8. The molecule has 0 fully saturated rings. The summed E-state index contributed by atoms with van der Waals surface area (Å²) in [7, 11) is -1.66. The van der Waals surface area contributed by atoms with E-state index >= 15 is 0 Å². The Kier molecular flexibility index (Phi) is 9.13. The molecular formula is C16H33IOSi. The molecule has 19 heavy (non-hydrogen) atoms. The summed E-state index contributed by atoms with van der Waals surface area (Å²) < 4.78 is 7.71. The Morgan fingerprint density at radius 1 is 1.26 bits per heavy atom. The molecule has 0 aliphatic carbocycles. The van der Waals surface area contributed by atoms with E-state index in [2.05, 4.69) is 76.4 Å². The van der Waals surface area contributed by atoms with E-state index in [0.29, 0.717) is 11.1 Å². The zero-order valence-electron chi connectivity index (χ0n) is 14.0. The lowest BCUT2D eigenvalue weighted by Crippen LogP contribution is -2.44. The number of hydrogen-bond donors (Lipinski definition) is 0. The van der Waals surface area contributed by atoms with Crippen LogP contribution in [0.1, 0.15) is 60.3 Å². The SMILES string of the molecule is CCCCCC(O[Si](C)(C)C(C)(C)C)/C(C)=C/CI. The maximum atomic E-state index is 6.63. The third kappa shape index (κ3) is 7.28. The van der Waals surface area contributed by atoms with Crippen molar-refractivity contribution in [2.75, 3.05) is 4.43 Å². The highest BCUT2D eigenvalue weighted by Gasteiger charge is 2.39. The molecular weight excluding hydrogens is 363 g/mol. The monoisotopic (exact) mass is 396 g/mol. The third-order valence-corrected chi connectivity index (χ3v) is 9.15. The molecule has 0 rings (SSSR count). The second kappa shape index (κ2) is 8.83. The second-order valence-corrected chi connectivity index (χ2v) is 12.6. The minimum atomic E-state index is -1.66. The summed E-state index contributed by atoms with van der Waals surface area (Å²) >= 11 is 2.41. The van der Waals surface area contributed by atoms with E-state index in [0.717, 1.165) is 4.43 Å². The van der Waals surface area contributed by atoms with Crippen LogP contribution in [0.2, 0.25) is 18.1 Å². The molecule has 0 aromatic heterocycles. The highest BCUT2D eigenvalue weighted by Crippen LogP contribution is 2.38. The van der Waals surface area contributed by atoms with E-state index in [4.69, 9.17) is 4.43 Å². The molecule has 0 amide bonds. The first-order chi connectivity index (χ1) is 8.65. The lowest BCUT2D eigenvalue weighted by molar-refractivity contribution is 0.200. The van der Waals surface area contributed by atoms with Crippen molar-refractivity contribution in [2.45, 2.75) is 84.5 Å². The quantitative estimate of drug-likeness (QED) is 0.153. The predicted molar refractivity (Wildman–Crippen MR) is 98.9 cm³/mol. The van der Waals surface area contributed by atoms with Crippen LogP contribution in [0.3, 0.4) is 0 Å². The molecule has 0 saturated carbocycles. The molecule has 0 heterocycles. The van der Waals surface area contributed by atoms with E-state index in [1.54, 1.807) is 0 Å². The predicted octanol–water partition coefficient (Wildman–Crippen LogP) is 6.34. The van der Waals surface area contributed by atoms with Gasteiger partial charge in [0.15, 0.2) is 8.32 Å². The van der Waals surface area contributed by atoms with Gasteiger partial charge in [-0.2, -0.15) is 0 Å². The highest BCUT2D eigenvalue weighted by molar-refractivity contribution is 14.1. The second-order valence-electron chi connectivity index (χ2n) is 6.97. The number of allylic oxidation sites excluding steroid dienone is 1. The number of halogens is 1. The van der Waals surface area contributed by atoms with Gasteiger partial charge in [-0.05, 0) is 37.0 Å². The van der Waals surface area contributed by atoms with Crippen LogP contribution in [0.25, 0.3) is 0 Å². The van der Waals surface area contributed by atoms with Crippen LogP contribution < -0.4 is 0 Å². The molecule has 0 radical (unpaired) electrons. The number of unbranched alkanes of at least 4 members (excludes halogenated alkanes) is 2. The summed E-state index contributed by atoms with van der Waals surface area (Å²) in [6, 6.07) is 0. The van der Waals surface area contributed by atoms with Crippen LogP contribution in [0.15, 0.2) is 11.6 Å². The van der Waals surface area contributed by atoms with Crippen molar-refractivity contribution < 1.29 is 4.43 Å². The van der Waals surface area contributed by atoms with Crippen LogP contribution in [0, 0.1) is 0 Å². The standard InChI is InChI=1S/C16H33IOSi/c1-8-9-10-11-15(14(2)12-13-17)18-19(6,7)16(3,4)5/h12,15H,8-11,13H2,1-7H3/b14-12+. The van der Waals surface area contributed by atoms with E-state index in [1.807, 2.05) is 0 Å². The zero-order chi connectivity index (χ0) is 15.1. The van der Waals surface area contributed by atoms with E-state index in [1.165, 1.54) is 31.3 Å². The van der Waals surface area contributed by atoms with Crippen molar-refractivity contribution in [3.63, 3.8) is 0 Å². The highest BCUT2D eigenvalue weighted by atomic mass is 127. The largest absolute Gasteiger partial charge is 0.410 e. The molecule has 114 valence electrons. The van der Waals surface area contributed by atoms with Gasteiger partial charge < -0.3 is 4.43 Å². The van der Waals surface area contributed by atoms with Crippen molar-refractivity contribution in [1.29, 1.82) is 0 Å². The van der Waals surface area contributed by atoms with Gasteiger partial charge in [0.2, 0.25) is 0 Å². The van der Waals surface area contributed by atoms with Gasteiger partial charge in [-0.1, -0.05) is 75.6 Å². The Labute approximate surface area is 135 Å². The zero-order valence-corrected chi connectivity index (χ0v) is 17.1. The van der Waals surface area contributed by atoms with Gasteiger partial charge in [-0.25, -0.2) is 0 Å².